The summed E-state index contributed by atoms with van der Waals surface area (Å²) in [5.74, 6) is -0.771. The molecule has 13 heteroatoms. The Balaban J connectivity index is 1.72. The molecule has 3 rings (SSSR count). The molecule has 0 aliphatic rings. The first-order chi connectivity index (χ1) is 19.0. The van der Waals surface area contributed by atoms with Gasteiger partial charge in [0.15, 0.2) is 11.5 Å². The van der Waals surface area contributed by atoms with Crippen LogP contribution in [0.25, 0.3) is 5.65 Å². The van der Waals surface area contributed by atoms with Gasteiger partial charge in [-0.15, -0.1) is 10.2 Å². The van der Waals surface area contributed by atoms with Crippen LogP contribution in [0.4, 0.5) is 0 Å². The summed E-state index contributed by atoms with van der Waals surface area (Å²) in [6.45, 7) is 14.4. The van der Waals surface area contributed by atoms with Gasteiger partial charge in [-0.3, -0.25) is 14.7 Å². The number of nitrogens with zero attached hydrogens (tertiary/aromatic N) is 3. The number of sulfonamides is 1. The highest BCUT2D eigenvalue weighted by molar-refractivity contribution is 7.89. The molecule has 12 nitrogen and oxygen atoms in total. The summed E-state index contributed by atoms with van der Waals surface area (Å²) in [7, 11) is -3.98. The molecular formula is C28H42N6O6S. The number of benzene rings is 1. The number of carbonyl (C=O) groups is 2. The third-order valence-electron chi connectivity index (χ3n) is 6.61. The second-order valence-corrected chi connectivity index (χ2v) is 14.0. The van der Waals surface area contributed by atoms with Crippen LogP contribution in [0.15, 0.2) is 29.2 Å². The zero-order valence-electron chi connectivity index (χ0n) is 24.9. The molecule has 2 heterocycles. The molecule has 41 heavy (non-hydrogen) atoms. The minimum atomic E-state index is -3.98. The summed E-state index contributed by atoms with van der Waals surface area (Å²) in [6.07, 6.45) is 0.305. The zero-order chi connectivity index (χ0) is 30.6. The van der Waals surface area contributed by atoms with Crippen LogP contribution in [-0.2, 0) is 30.4 Å². The number of aliphatic carboxylic acids is 1. The van der Waals surface area contributed by atoms with E-state index < -0.39 is 16.0 Å². The van der Waals surface area contributed by atoms with Crippen molar-refractivity contribution in [3.8, 4) is 5.75 Å². The van der Waals surface area contributed by atoms with E-state index in [0.29, 0.717) is 17.9 Å². The van der Waals surface area contributed by atoms with Crippen LogP contribution < -0.4 is 14.8 Å². The summed E-state index contributed by atoms with van der Waals surface area (Å²) in [4.78, 5) is 22.5. The number of ether oxygens (including phenoxy) is 1. The molecule has 0 aliphatic carbocycles. The van der Waals surface area contributed by atoms with Gasteiger partial charge in [0.2, 0.25) is 15.9 Å². The smallest absolute Gasteiger partial charge is 0.305 e. The van der Waals surface area contributed by atoms with E-state index in [9.17, 15) is 18.0 Å². The minimum Gasteiger partial charge on any atom is -0.492 e. The number of H-pyrrole nitrogens is 1. The number of carboxylic acids is 1. The molecule has 0 radical (unpaired) electrons. The molecule has 1 aromatic carbocycles. The molecule has 0 saturated carbocycles. The number of amides is 1. The Hall–Kier alpha value is -3.45. The standard InChI is InChI=1S/C28H42N6O6S/c1-18(26-32-31-23-16-22(28(5,6)7)33-34(23)26)17-30-41(38,39)21-15-19(27(2,3)4)10-11-20(21)40-14-8-9-24(35)29-13-12-25(36)37/h10-11,15-16,18,30,33H,8-9,12-14,17H2,1-7H3,(H,29,35)(H,36,37). The molecule has 3 aromatic rings. The van der Waals surface area contributed by atoms with Gasteiger partial charge in [-0.25, -0.2) is 17.7 Å². The Labute approximate surface area is 241 Å². The SMILES string of the molecule is CC(CNS(=O)(=O)c1cc(C(C)(C)C)ccc1OCCCC(=O)NCCC(=O)O)c1nnc2cc(C(C)(C)C)[nH]n12. The number of hydrogen-bond donors (Lipinski definition) is 4. The van der Waals surface area contributed by atoms with Gasteiger partial charge in [0.05, 0.1) is 13.0 Å². The van der Waals surface area contributed by atoms with Crippen molar-refractivity contribution in [3.05, 3.63) is 41.3 Å². The van der Waals surface area contributed by atoms with Gasteiger partial charge < -0.3 is 15.2 Å². The van der Waals surface area contributed by atoms with Gasteiger partial charge in [0.1, 0.15) is 10.6 Å². The predicted molar refractivity (Wildman–Crippen MR) is 155 cm³/mol. The third kappa shape index (κ3) is 8.52. The lowest BCUT2D eigenvalue weighted by molar-refractivity contribution is -0.136. The molecular weight excluding hydrogens is 548 g/mol. The number of hydrogen-bond acceptors (Lipinski definition) is 7. The maximum Gasteiger partial charge on any atom is 0.305 e. The Bertz CT molecular complexity index is 1480. The molecule has 1 unspecified atom stereocenters. The minimum absolute atomic E-state index is 0.0179. The first-order valence-corrected chi connectivity index (χ1v) is 15.2. The van der Waals surface area contributed by atoms with Crippen molar-refractivity contribution in [2.75, 3.05) is 19.7 Å². The Morgan fingerprint density at radius 1 is 1.07 bits per heavy atom. The van der Waals surface area contributed by atoms with E-state index in [2.05, 4.69) is 46.1 Å². The van der Waals surface area contributed by atoms with E-state index in [1.165, 1.54) is 0 Å². The predicted octanol–water partition coefficient (Wildman–Crippen LogP) is 3.48. The summed E-state index contributed by atoms with van der Waals surface area (Å²) >= 11 is 0. The van der Waals surface area contributed by atoms with E-state index in [1.54, 1.807) is 16.6 Å². The van der Waals surface area contributed by atoms with E-state index in [0.717, 1.165) is 11.3 Å². The van der Waals surface area contributed by atoms with Gasteiger partial charge in [-0.1, -0.05) is 54.5 Å². The van der Waals surface area contributed by atoms with Crippen LogP contribution in [-0.4, -0.2) is 64.9 Å². The molecule has 1 atom stereocenters. The van der Waals surface area contributed by atoms with Crippen molar-refractivity contribution >= 4 is 27.5 Å². The topological polar surface area (TPSA) is 168 Å². The average molecular weight is 591 g/mol. The fraction of sp³-hybridized carbons (Fsp3) is 0.571. The second kappa shape index (κ2) is 12.6. The molecule has 1 amide bonds. The first kappa shape index (κ1) is 32.1. The van der Waals surface area contributed by atoms with Gasteiger partial charge in [-0.2, -0.15) is 0 Å². The third-order valence-corrected chi connectivity index (χ3v) is 8.06. The Morgan fingerprint density at radius 2 is 1.78 bits per heavy atom. The monoisotopic (exact) mass is 590 g/mol. The van der Waals surface area contributed by atoms with Crippen LogP contribution in [0.3, 0.4) is 0 Å². The molecule has 0 fully saturated rings. The lowest BCUT2D eigenvalue weighted by atomic mass is 9.87. The number of nitrogens with one attached hydrogen (secondary N) is 3. The molecule has 0 saturated heterocycles. The van der Waals surface area contributed by atoms with E-state index in [4.69, 9.17) is 9.84 Å². The highest BCUT2D eigenvalue weighted by Gasteiger charge is 2.26. The number of rotatable bonds is 13. The van der Waals surface area contributed by atoms with Crippen molar-refractivity contribution < 1.29 is 27.9 Å². The largest absolute Gasteiger partial charge is 0.492 e. The van der Waals surface area contributed by atoms with Gasteiger partial charge in [-0.05, 0) is 29.5 Å². The summed E-state index contributed by atoms with van der Waals surface area (Å²) in [5, 5.41) is 23.0. The van der Waals surface area contributed by atoms with Crippen molar-refractivity contribution in [1.29, 1.82) is 0 Å². The van der Waals surface area contributed by atoms with E-state index >= 15 is 0 Å². The van der Waals surface area contributed by atoms with Crippen LogP contribution >= 0.6 is 0 Å². The molecule has 0 spiro atoms. The number of carbonyl (C=O) groups excluding carboxylic acids is 1. The number of aromatic nitrogens is 4. The van der Waals surface area contributed by atoms with E-state index in [-0.39, 0.29) is 65.8 Å². The fourth-order valence-corrected chi connectivity index (χ4v) is 5.32. The number of carboxylic acid groups (broad SMARTS) is 1. The lowest BCUT2D eigenvalue weighted by Crippen LogP contribution is -2.29. The molecule has 226 valence electrons. The van der Waals surface area contributed by atoms with Crippen molar-refractivity contribution in [2.45, 2.75) is 89.4 Å². The van der Waals surface area contributed by atoms with Gasteiger partial charge in [0.25, 0.3) is 0 Å². The van der Waals surface area contributed by atoms with E-state index in [1.807, 2.05) is 39.8 Å². The fourth-order valence-electron chi connectivity index (χ4n) is 4.02. The highest BCUT2D eigenvalue weighted by atomic mass is 32.2. The van der Waals surface area contributed by atoms with Crippen LogP contribution in [0.2, 0.25) is 0 Å². The quantitative estimate of drug-likeness (QED) is 0.219. The highest BCUT2D eigenvalue weighted by Crippen LogP contribution is 2.31. The Kier molecular flexibility index (Phi) is 9.85. The maximum absolute atomic E-state index is 13.6. The second-order valence-electron chi connectivity index (χ2n) is 12.3. The lowest BCUT2D eigenvalue weighted by Gasteiger charge is -2.22. The van der Waals surface area contributed by atoms with Crippen LogP contribution in [0.1, 0.15) is 90.7 Å². The summed E-state index contributed by atoms with van der Waals surface area (Å²) < 4.78 is 37.5. The Morgan fingerprint density at radius 3 is 2.41 bits per heavy atom. The first-order valence-electron chi connectivity index (χ1n) is 13.7. The number of aromatic amines is 1. The molecule has 4 N–H and O–H groups in total. The van der Waals surface area contributed by atoms with Crippen molar-refractivity contribution in [2.24, 2.45) is 0 Å². The average Bonchev–Trinajstić information content (AvgIpc) is 3.46. The summed E-state index contributed by atoms with van der Waals surface area (Å²) in [5.41, 5.74) is 2.09. The summed E-state index contributed by atoms with van der Waals surface area (Å²) in [6, 6.07) is 7.03. The van der Waals surface area contributed by atoms with Crippen molar-refractivity contribution in [1.82, 2.24) is 29.9 Å². The van der Waals surface area contributed by atoms with Crippen LogP contribution in [0.5, 0.6) is 5.75 Å². The molecule has 0 aliphatic heterocycles. The zero-order valence-corrected chi connectivity index (χ0v) is 25.7. The molecule has 0 bridgehead atoms. The normalized spacial score (nSPS) is 13.3. The van der Waals surface area contributed by atoms with Crippen molar-refractivity contribution in [3.63, 3.8) is 0 Å². The maximum atomic E-state index is 13.6. The number of fused-ring (bicyclic) bond motifs is 1. The van der Waals surface area contributed by atoms with Crippen LogP contribution in [0, 0.1) is 0 Å². The van der Waals surface area contributed by atoms with Gasteiger partial charge in [0, 0.05) is 42.6 Å². The van der Waals surface area contributed by atoms with Gasteiger partial charge >= 0.3 is 5.97 Å². The molecule has 2 aromatic heterocycles.